The van der Waals surface area contributed by atoms with Gasteiger partial charge in [-0.1, -0.05) is 24.3 Å². The third-order valence-corrected chi connectivity index (χ3v) is 7.12. The molecule has 1 aliphatic rings. The molecule has 2 aromatic carbocycles. The van der Waals surface area contributed by atoms with E-state index in [1.807, 2.05) is 0 Å². The minimum Gasteiger partial charge on any atom is -0.448 e. The summed E-state index contributed by atoms with van der Waals surface area (Å²) in [6.45, 7) is -1.36. The molecule has 3 aromatic rings. The van der Waals surface area contributed by atoms with E-state index in [9.17, 15) is 35.9 Å². The molecule has 9 nitrogen and oxygen atoms in total. The van der Waals surface area contributed by atoms with Crippen LogP contribution in [0.3, 0.4) is 0 Å². The quantitative estimate of drug-likeness (QED) is 0.232. The lowest BCUT2D eigenvalue weighted by Crippen LogP contribution is -2.49. The summed E-state index contributed by atoms with van der Waals surface area (Å²) in [5.74, 6) is -3.11. The maximum absolute atomic E-state index is 14.9. The molecular weight excluding hydrogens is 608 g/mol. The molecule has 4 rings (SSSR count). The molecule has 2 heterocycles. The number of benzene rings is 2. The zero-order valence-electron chi connectivity index (χ0n) is 23.8. The van der Waals surface area contributed by atoms with Gasteiger partial charge >= 0.3 is 12.3 Å². The first-order chi connectivity index (χ1) is 21.4. The van der Waals surface area contributed by atoms with Crippen molar-refractivity contribution >= 4 is 17.7 Å². The number of aromatic nitrogens is 1. The number of rotatable bonds is 11. The maximum Gasteiger partial charge on any atom is 0.407 e. The minimum absolute atomic E-state index is 0.0860. The molecule has 3 atom stereocenters. The molecule has 242 valence electrons. The van der Waals surface area contributed by atoms with E-state index in [-0.39, 0.29) is 43.5 Å². The molecule has 0 radical (unpaired) electrons. The third kappa shape index (κ3) is 9.89. The molecule has 45 heavy (non-hydrogen) atoms. The lowest BCUT2D eigenvalue weighted by atomic mass is 9.85. The second-order valence-corrected chi connectivity index (χ2v) is 10.4. The van der Waals surface area contributed by atoms with Gasteiger partial charge in [0, 0.05) is 18.0 Å². The number of hydrogen-bond acceptors (Lipinski definition) is 7. The Kier molecular flexibility index (Phi) is 11.4. The minimum atomic E-state index is -4.56. The van der Waals surface area contributed by atoms with Gasteiger partial charge in [-0.05, 0) is 48.2 Å². The number of nitrogens with two attached hydrogens (primary N) is 1. The van der Waals surface area contributed by atoms with Crippen molar-refractivity contribution in [2.24, 2.45) is 5.73 Å². The zero-order valence-corrected chi connectivity index (χ0v) is 23.8. The Morgan fingerprint density at radius 2 is 1.64 bits per heavy atom. The average molecular weight is 640 g/mol. The predicted molar refractivity (Wildman–Crippen MR) is 151 cm³/mol. The fourth-order valence-corrected chi connectivity index (χ4v) is 4.80. The number of nitrogens with zero attached hydrogens (tertiary/aromatic N) is 1. The van der Waals surface area contributed by atoms with E-state index in [2.05, 4.69) is 15.6 Å². The Morgan fingerprint density at radius 3 is 2.20 bits per heavy atom. The number of carbonyl (C=O) groups is 2. The molecule has 2 amide bonds. The number of alkyl halides is 3. The SMILES string of the molecule is NC(C(=O)Nc1cncc(F)c1CC[C@@H]1CN[C@@H](COC(=O)NCC(F)(F)F)CO1)C(c1ccc(F)cc1)c1ccc(F)cc1. The van der Waals surface area contributed by atoms with Gasteiger partial charge in [0.25, 0.3) is 0 Å². The van der Waals surface area contributed by atoms with Crippen molar-refractivity contribution in [3.63, 3.8) is 0 Å². The van der Waals surface area contributed by atoms with Gasteiger partial charge in [0.05, 0.1) is 42.9 Å². The van der Waals surface area contributed by atoms with E-state index >= 15 is 0 Å². The second kappa shape index (κ2) is 15.2. The lowest BCUT2D eigenvalue weighted by Gasteiger charge is -2.30. The number of carbonyl (C=O) groups excluding carboxylic acids is 2. The fraction of sp³-hybridized carbons (Fsp3) is 0.367. The Bertz CT molecular complexity index is 1390. The summed E-state index contributed by atoms with van der Waals surface area (Å²) in [6, 6.07) is 9.09. The molecule has 0 aliphatic carbocycles. The predicted octanol–water partition coefficient (Wildman–Crippen LogP) is 4.17. The van der Waals surface area contributed by atoms with E-state index in [1.165, 1.54) is 54.7 Å². The second-order valence-electron chi connectivity index (χ2n) is 10.4. The van der Waals surface area contributed by atoms with E-state index in [4.69, 9.17) is 15.2 Å². The smallest absolute Gasteiger partial charge is 0.407 e. The molecule has 1 unspecified atom stereocenters. The Hall–Kier alpha value is -4.21. The highest BCUT2D eigenvalue weighted by molar-refractivity contribution is 5.96. The first kappa shape index (κ1) is 33.7. The highest BCUT2D eigenvalue weighted by Crippen LogP contribution is 2.29. The van der Waals surface area contributed by atoms with Crippen LogP contribution in [0, 0.1) is 17.5 Å². The van der Waals surface area contributed by atoms with Gasteiger partial charge in [-0.15, -0.1) is 0 Å². The van der Waals surface area contributed by atoms with Crippen molar-refractivity contribution in [1.29, 1.82) is 0 Å². The number of anilines is 1. The van der Waals surface area contributed by atoms with Crippen LogP contribution in [0.1, 0.15) is 29.0 Å². The summed E-state index contributed by atoms with van der Waals surface area (Å²) in [5, 5.41) is 7.31. The van der Waals surface area contributed by atoms with Crippen molar-refractivity contribution < 1.29 is 45.4 Å². The van der Waals surface area contributed by atoms with Crippen LogP contribution in [-0.4, -0.2) is 67.7 Å². The standard InChI is InChI=1S/C30H31F6N5O4/c31-19-5-1-17(2-6-19)26(18-3-7-20(32)8-4-18)27(37)28(42)41-25-13-38-12-24(33)23(25)10-9-22-11-39-21(14-44-22)15-45-29(43)40-16-30(34,35)36/h1-8,12-13,21-22,26-27,39H,9-11,14-16,37H2,(H,40,43)(H,41,42)/t21-,22-,27?/m1/s1. The number of ether oxygens (including phenoxy) is 2. The molecule has 15 heteroatoms. The van der Waals surface area contributed by atoms with Gasteiger partial charge in [0.2, 0.25) is 5.91 Å². The summed E-state index contributed by atoms with van der Waals surface area (Å²) in [6.07, 6.45) is -3.42. The molecule has 0 spiro atoms. The highest BCUT2D eigenvalue weighted by atomic mass is 19.4. The lowest BCUT2D eigenvalue weighted by molar-refractivity contribution is -0.124. The topological polar surface area (TPSA) is 128 Å². The van der Waals surface area contributed by atoms with Gasteiger partial charge in [0.15, 0.2) is 0 Å². The number of amides is 2. The van der Waals surface area contributed by atoms with Crippen LogP contribution in [0.15, 0.2) is 60.9 Å². The van der Waals surface area contributed by atoms with Crippen LogP contribution in [0.25, 0.3) is 0 Å². The monoisotopic (exact) mass is 639 g/mol. The number of pyridine rings is 1. The number of alkyl carbamates (subject to hydrolysis) is 1. The zero-order chi connectivity index (χ0) is 32.6. The van der Waals surface area contributed by atoms with Crippen LogP contribution < -0.4 is 21.7 Å². The van der Waals surface area contributed by atoms with Crippen LogP contribution in [0.2, 0.25) is 0 Å². The summed E-state index contributed by atoms with van der Waals surface area (Å²) in [7, 11) is 0. The fourth-order valence-electron chi connectivity index (χ4n) is 4.80. The van der Waals surface area contributed by atoms with Gasteiger partial charge in [-0.2, -0.15) is 13.2 Å². The number of hydrogen-bond donors (Lipinski definition) is 4. The van der Waals surface area contributed by atoms with Crippen molar-refractivity contribution in [3.8, 4) is 0 Å². The summed E-state index contributed by atoms with van der Waals surface area (Å²) in [5.41, 5.74) is 7.66. The van der Waals surface area contributed by atoms with Crippen LogP contribution in [0.5, 0.6) is 0 Å². The van der Waals surface area contributed by atoms with Crippen molar-refractivity contribution in [2.75, 3.05) is 31.6 Å². The van der Waals surface area contributed by atoms with Gasteiger partial charge in [-0.3, -0.25) is 9.78 Å². The van der Waals surface area contributed by atoms with E-state index < -0.39 is 60.2 Å². The molecule has 0 saturated carbocycles. The van der Waals surface area contributed by atoms with Crippen molar-refractivity contribution in [2.45, 2.75) is 43.1 Å². The van der Waals surface area contributed by atoms with Crippen molar-refractivity contribution in [1.82, 2.24) is 15.6 Å². The van der Waals surface area contributed by atoms with Crippen LogP contribution in [0.4, 0.5) is 36.8 Å². The number of halogens is 6. The number of nitrogens with one attached hydrogen (secondary N) is 3. The average Bonchev–Trinajstić information content (AvgIpc) is 3.01. The molecule has 0 bridgehead atoms. The molecule has 1 aromatic heterocycles. The largest absolute Gasteiger partial charge is 0.448 e. The molecule has 1 aliphatic heterocycles. The van der Waals surface area contributed by atoms with E-state index in [0.29, 0.717) is 17.5 Å². The normalized spacial score (nSPS) is 17.5. The van der Waals surface area contributed by atoms with Gasteiger partial charge in [-0.25, -0.2) is 18.0 Å². The first-order valence-electron chi connectivity index (χ1n) is 13.9. The molecule has 5 N–H and O–H groups in total. The Morgan fingerprint density at radius 1 is 1.02 bits per heavy atom. The highest BCUT2D eigenvalue weighted by Gasteiger charge is 2.30. The first-order valence-corrected chi connectivity index (χ1v) is 13.9. The maximum atomic E-state index is 14.9. The molecular formula is C30H31F6N5O4. The van der Waals surface area contributed by atoms with E-state index in [1.54, 1.807) is 5.32 Å². The molecule has 1 saturated heterocycles. The summed E-state index contributed by atoms with van der Waals surface area (Å²) >= 11 is 0. The summed E-state index contributed by atoms with van der Waals surface area (Å²) in [4.78, 5) is 28.6. The van der Waals surface area contributed by atoms with E-state index in [0.717, 1.165) is 6.20 Å². The third-order valence-electron chi connectivity index (χ3n) is 7.12. The summed E-state index contributed by atoms with van der Waals surface area (Å²) < 4.78 is 89.3. The van der Waals surface area contributed by atoms with Crippen LogP contribution in [-0.2, 0) is 20.7 Å². The Labute approximate surface area is 254 Å². The van der Waals surface area contributed by atoms with Crippen molar-refractivity contribution in [3.05, 3.63) is 95.1 Å². The molecule has 1 fully saturated rings. The van der Waals surface area contributed by atoms with Gasteiger partial charge < -0.3 is 31.2 Å². The number of morpholine rings is 1. The van der Waals surface area contributed by atoms with Crippen LogP contribution >= 0.6 is 0 Å². The Balaban J connectivity index is 1.35. The van der Waals surface area contributed by atoms with Gasteiger partial charge in [0.1, 0.15) is 30.6 Å².